The minimum atomic E-state index is 0.379. The van der Waals surface area contributed by atoms with Gasteiger partial charge in [0.05, 0.1) is 6.10 Å². The number of hydrogen-bond acceptors (Lipinski definition) is 1. The summed E-state index contributed by atoms with van der Waals surface area (Å²) in [5.41, 5.74) is 0. The molecule has 1 rings (SSSR count). The van der Waals surface area contributed by atoms with E-state index in [-0.39, 0.29) is 0 Å². The van der Waals surface area contributed by atoms with Crippen molar-refractivity contribution in [2.24, 2.45) is 11.8 Å². The van der Waals surface area contributed by atoms with Crippen LogP contribution in [-0.4, -0.2) is 18.6 Å². The number of halogens is 1. The first kappa shape index (κ1) is 10.3. The molecule has 3 unspecified atom stereocenters. The first-order valence-corrected chi connectivity index (χ1v) is 5.25. The highest BCUT2D eigenvalue weighted by atomic mass is 35.5. The quantitative estimate of drug-likeness (QED) is 0.609. The van der Waals surface area contributed by atoms with Crippen molar-refractivity contribution in [3.63, 3.8) is 0 Å². The van der Waals surface area contributed by atoms with E-state index in [9.17, 15) is 0 Å². The number of alkyl halides is 1. The van der Waals surface area contributed by atoms with Crippen molar-refractivity contribution >= 4 is 11.6 Å². The SMILES string of the molecule is COC1CCC(Cl)CC1C(C)C. The van der Waals surface area contributed by atoms with Gasteiger partial charge in [-0.15, -0.1) is 11.6 Å². The second kappa shape index (κ2) is 4.48. The van der Waals surface area contributed by atoms with Gasteiger partial charge in [-0.1, -0.05) is 13.8 Å². The molecule has 0 aromatic rings. The first-order chi connectivity index (χ1) is 5.65. The van der Waals surface area contributed by atoms with Gasteiger partial charge in [-0.3, -0.25) is 0 Å². The molecule has 0 radical (unpaired) electrons. The lowest BCUT2D eigenvalue weighted by atomic mass is 9.79. The molecule has 3 atom stereocenters. The fraction of sp³-hybridized carbons (Fsp3) is 1.00. The van der Waals surface area contributed by atoms with Crippen molar-refractivity contribution in [2.45, 2.75) is 44.6 Å². The molecular formula is C10H19ClO. The van der Waals surface area contributed by atoms with Crippen LogP contribution in [0.2, 0.25) is 0 Å². The summed E-state index contributed by atoms with van der Waals surface area (Å²) in [7, 11) is 1.81. The largest absolute Gasteiger partial charge is 0.381 e. The molecule has 0 aliphatic heterocycles. The highest BCUT2D eigenvalue weighted by Crippen LogP contribution is 2.34. The average Bonchev–Trinajstić information content (AvgIpc) is 2.04. The zero-order valence-corrected chi connectivity index (χ0v) is 8.97. The molecule has 0 heterocycles. The van der Waals surface area contributed by atoms with Crippen LogP contribution in [0.3, 0.4) is 0 Å². The van der Waals surface area contributed by atoms with E-state index in [4.69, 9.17) is 16.3 Å². The van der Waals surface area contributed by atoms with Crippen molar-refractivity contribution in [1.29, 1.82) is 0 Å². The molecule has 1 saturated carbocycles. The van der Waals surface area contributed by atoms with E-state index in [2.05, 4.69) is 13.8 Å². The van der Waals surface area contributed by atoms with Gasteiger partial charge in [0, 0.05) is 12.5 Å². The summed E-state index contributed by atoms with van der Waals surface area (Å²) in [4.78, 5) is 0. The minimum absolute atomic E-state index is 0.379. The van der Waals surface area contributed by atoms with E-state index in [0.717, 1.165) is 19.3 Å². The zero-order chi connectivity index (χ0) is 9.14. The monoisotopic (exact) mass is 190 g/mol. The molecule has 0 spiro atoms. The summed E-state index contributed by atoms with van der Waals surface area (Å²) in [5, 5.41) is 0.379. The molecule has 72 valence electrons. The molecule has 12 heavy (non-hydrogen) atoms. The molecule has 1 nitrogen and oxygen atoms in total. The highest BCUT2D eigenvalue weighted by Gasteiger charge is 2.31. The van der Waals surface area contributed by atoms with Crippen molar-refractivity contribution in [1.82, 2.24) is 0 Å². The Kier molecular flexibility index (Phi) is 3.85. The third kappa shape index (κ3) is 2.37. The number of methoxy groups -OCH3 is 1. The molecule has 0 N–H and O–H groups in total. The molecule has 0 amide bonds. The van der Waals surface area contributed by atoms with Gasteiger partial charge in [-0.25, -0.2) is 0 Å². The molecule has 2 heteroatoms. The van der Waals surface area contributed by atoms with Crippen molar-refractivity contribution < 1.29 is 4.74 Å². The lowest BCUT2D eigenvalue weighted by Crippen LogP contribution is -2.34. The third-order valence-electron chi connectivity index (χ3n) is 2.93. The van der Waals surface area contributed by atoms with E-state index in [1.165, 1.54) is 0 Å². The average molecular weight is 191 g/mol. The van der Waals surface area contributed by atoms with E-state index in [1.807, 2.05) is 7.11 Å². The van der Waals surface area contributed by atoms with Crippen LogP contribution in [0, 0.1) is 11.8 Å². The summed E-state index contributed by atoms with van der Waals surface area (Å²) in [6.45, 7) is 4.51. The minimum Gasteiger partial charge on any atom is -0.381 e. The van der Waals surface area contributed by atoms with Gasteiger partial charge in [-0.05, 0) is 31.1 Å². The zero-order valence-electron chi connectivity index (χ0n) is 8.22. The van der Waals surface area contributed by atoms with Gasteiger partial charge in [0.2, 0.25) is 0 Å². The number of rotatable bonds is 2. The molecule has 1 fully saturated rings. The van der Waals surface area contributed by atoms with Crippen molar-refractivity contribution in [2.75, 3.05) is 7.11 Å². The Labute approximate surface area is 80.4 Å². The second-order valence-electron chi connectivity index (χ2n) is 4.09. The van der Waals surface area contributed by atoms with Gasteiger partial charge in [-0.2, -0.15) is 0 Å². The van der Waals surface area contributed by atoms with Crippen molar-refractivity contribution in [3.8, 4) is 0 Å². The van der Waals surface area contributed by atoms with E-state index in [1.54, 1.807) is 0 Å². The van der Waals surface area contributed by atoms with Crippen LogP contribution in [-0.2, 0) is 4.74 Å². The molecule has 0 aromatic heterocycles. The molecule has 1 aliphatic rings. The summed E-state index contributed by atoms with van der Waals surface area (Å²) >= 11 is 6.12. The van der Waals surface area contributed by atoms with Crippen LogP contribution < -0.4 is 0 Å². The lowest BCUT2D eigenvalue weighted by Gasteiger charge is -2.35. The van der Waals surface area contributed by atoms with Crippen LogP contribution in [0.5, 0.6) is 0 Å². The molecular weight excluding hydrogens is 172 g/mol. The second-order valence-corrected chi connectivity index (χ2v) is 4.71. The molecule has 0 saturated heterocycles. The van der Waals surface area contributed by atoms with Crippen molar-refractivity contribution in [3.05, 3.63) is 0 Å². The standard InChI is InChI=1S/C10H19ClO/c1-7(2)9-6-8(11)4-5-10(9)12-3/h7-10H,4-6H2,1-3H3. The topological polar surface area (TPSA) is 9.23 Å². The normalized spacial score (nSPS) is 37.2. The maximum absolute atomic E-state index is 6.12. The smallest absolute Gasteiger partial charge is 0.0603 e. The maximum Gasteiger partial charge on any atom is 0.0603 e. The molecule has 0 aromatic carbocycles. The van der Waals surface area contributed by atoms with Crippen LogP contribution in [0.15, 0.2) is 0 Å². The van der Waals surface area contributed by atoms with Gasteiger partial charge in [0.15, 0.2) is 0 Å². The predicted molar refractivity (Wildman–Crippen MR) is 52.6 cm³/mol. The van der Waals surface area contributed by atoms with E-state index in [0.29, 0.717) is 23.3 Å². The summed E-state index contributed by atoms with van der Waals surface area (Å²) < 4.78 is 5.45. The lowest BCUT2D eigenvalue weighted by molar-refractivity contribution is 0.00637. The van der Waals surface area contributed by atoms with Crippen LogP contribution in [0.1, 0.15) is 33.1 Å². The van der Waals surface area contributed by atoms with Gasteiger partial charge in [0.25, 0.3) is 0 Å². The van der Waals surface area contributed by atoms with Gasteiger partial charge in [0.1, 0.15) is 0 Å². The van der Waals surface area contributed by atoms with Gasteiger partial charge < -0.3 is 4.74 Å². The van der Waals surface area contributed by atoms with Crippen LogP contribution in [0.4, 0.5) is 0 Å². The number of hydrogen-bond donors (Lipinski definition) is 0. The Bertz CT molecular complexity index is 136. The summed E-state index contributed by atoms with van der Waals surface area (Å²) in [6, 6.07) is 0. The Morgan fingerprint density at radius 3 is 2.50 bits per heavy atom. The Hall–Kier alpha value is 0.250. The number of ether oxygens (including phenoxy) is 1. The third-order valence-corrected chi connectivity index (χ3v) is 3.33. The van der Waals surface area contributed by atoms with E-state index < -0.39 is 0 Å². The summed E-state index contributed by atoms with van der Waals surface area (Å²) in [5.74, 6) is 1.35. The van der Waals surface area contributed by atoms with Gasteiger partial charge >= 0.3 is 0 Å². The van der Waals surface area contributed by atoms with Crippen LogP contribution in [0.25, 0.3) is 0 Å². The fourth-order valence-corrected chi connectivity index (χ4v) is 2.45. The molecule has 0 bridgehead atoms. The first-order valence-electron chi connectivity index (χ1n) is 4.82. The maximum atomic E-state index is 6.12. The fourth-order valence-electron chi connectivity index (χ4n) is 2.12. The molecule has 1 aliphatic carbocycles. The van der Waals surface area contributed by atoms with Crippen LogP contribution >= 0.6 is 11.6 Å². The Morgan fingerprint density at radius 2 is 2.00 bits per heavy atom. The Balaban J connectivity index is 2.52. The summed E-state index contributed by atoms with van der Waals surface area (Å²) in [6.07, 6.45) is 3.81. The highest BCUT2D eigenvalue weighted by molar-refractivity contribution is 6.20. The van der Waals surface area contributed by atoms with E-state index >= 15 is 0 Å². The Morgan fingerprint density at radius 1 is 1.33 bits per heavy atom. The predicted octanol–water partition coefficient (Wildman–Crippen LogP) is 3.06.